The summed E-state index contributed by atoms with van der Waals surface area (Å²) in [5, 5.41) is 0.352. The molecule has 138 valence electrons. The summed E-state index contributed by atoms with van der Waals surface area (Å²) in [5.74, 6) is -0.416. The molecule has 0 bridgehead atoms. The highest BCUT2D eigenvalue weighted by atomic mass is 35.5. The van der Waals surface area contributed by atoms with Gasteiger partial charge >= 0.3 is 5.97 Å². The monoisotopic (exact) mass is 393 g/mol. The highest BCUT2D eigenvalue weighted by molar-refractivity contribution is 7.89. The predicted molar refractivity (Wildman–Crippen MR) is 99.5 cm³/mol. The normalized spacial score (nSPS) is 17.5. The van der Waals surface area contributed by atoms with Crippen LogP contribution in [-0.2, 0) is 26.0 Å². The van der Waals surface area contributed by atoms with Crippen molar-refractivity contribution in [3.8, 4) is 0 Å². The predicted octanol–water partition coefficient (Wildman–Crippen LogP) is 3.58. The second-order valence-electron chi connectivity index (χ2n) is 6.05. The van der Waals surface area contributed by atoms with Crippen molar-refractivity contribution in [1.82, 2.24) is 4.31 Å². The lowest BCUT2D eigenvalue weighted by atomic mass is 9.92. The third-order valence-electron chi connectivity index (χ3n) is 4.43. The van der Waals surface area contributed by atoms with E-state index >= 15 is 0 Å². The number of fused-ring (bicyclic) bond motifs is 1. The fourth-order valence-corrected chi connectivity index (χ4v) is 5.18. The van der Waals surface area contributed by atoms with Gasteiger partial charge in [0.1, 0.15) is 0 Å². The number of carbonyl (C=O) groups excluding carboxylic acids is 1. The van der Waals surface area contributed by atoms with Crippen LogP contribution in [0.1, 0.15) is 30.5 Å². The van der Waals surface area contributed by atoms with Gasteiger partial charge in [0, 0.05) is 11.6 Å². The zero-order valence-electron chi connectivity index (χ0n) is 14.4. The van der Waals surface area contributed by atoms with Crippen LogP contribution in [0.25, 0.3) is 0 Å². The summed E-state index contributed by atoms with van der Waals surface area (Å²) in [5.41, 5.74) is 1.90. The van der Waals surface area contributed by atoms with Crippen molar-refractivity contribution in [2.75, 3.05) is 13.2 Å². The van der Waals surface area contributed by atoms with E-state index in [9.17, 15) is 13.2 Å². The van der Waals surface area contributed by atoms with Gasteiger partial charge in [0.2, 0.25) is 10.0 Å². The van der Waals surface area contributed by atoms with Gasteiger partial charge in [-0.25, -0.2) is 8.42 Å². The quantitative estimate of drug-likeness (QED) is 0.728. The van der Waals surface area contributed by atoms with E-state index in [2.05, 4.69) is 0 Å². The Kier molecular flexibility index (Phi) is 5.65. The molecule has 1 aliphatic heterocycles. The van der Waals surface area contributed by atoms with Crippen LogP contribution in [-0.4, -0.2) is 31.8 Å². The molecule has 0 spiro atoms. The molecule has 7 heteroatoms. The van der Waals surface area contributed by atoms with Crippen LogP contribution < -0.4 is 0 Å². The number of esters is 1. The molecule has 2 aromatic rings. The van der Waals surface area contributed by atoms with E-state index in [0.717, 1.165) is 11.1 Å². The van der Waals surface area contributed by atoms with E-state index in [1.54, 1.807) is 19.1 Å². The fraction of sp³-hybridized carbons (Fsp3) is 0.316. The molecule has 2 aromatic carbocycles. The summed E-state index contributed by atoms with van der Waals surface area (Å²) in [7, 11) is -3.80. The maximum absolute atomic E-state index is 13.2. The van der Waals surface area contributed by atoms with Gasteiger partial charge in [0.25, 0.3) is 0 Å². The van der Waals surface area contributed by atoms with Gasteiger partial charge in [0.05, 0.1) is 24.0 Å². The topological polar surface area (TPSA) is 63.7 Å². The van der Waals surface area contributed by atoms with Crippen LogP contribution in [0.4, 0.5) is 0 Å². The molecule has 0 unspecified atom stereocenters. The van der Waals surface area contributed by atoms with Crippen molar-refractivity contribution >= 4 is 27.6 Å². The first-order chi connectivity index (χ1) is 12.4. The Hall–Kier alpha value is -1.89. The van der Waals surface area contributed by atoms with Crippen LogP contribution in [0.15, 0.2) is 53.4 Å². The molecule has 26 heavy (non-hydrogen) atoms. The van der Waals surface area contributed by atoms with E-state index in [1.165, 1.54) is 16.4 Å². The number of halogens is 1. The lowest BCUT2D eigenvalue weighted by Crippen LogP contribution is -2.41. The first kappa shape index (κ1) is 18.9. The number of benzene rings is 2. The SMILES string of the molecule is CCOC(=O)C[C@@H]1c2ccccc2CCN1S(=O)(=O)c1cccc(Cl)c1. The maximum atomic E-state index is 13.2. The largest absolute Gasteiger partial charge is 0.466 e. The third kappa shape index (κ3) is 3.77. The van der Waals surface area contributed by atoms with Crippen molar-refractivity contribution in [1.29, 1.82) is 0 Å². The molecule has 5 nitrogen and oxygen atoms in total. The molecule has 0 N–H and O–H groups in total. The Balaban J connectivity index is 2.03. The molecule has 0 aliphatic carbocycles. The van der Waals surface area contributed by atoms with E-state index in [4.69, 9.17) is 16.3 Å². The number of hydrogen-bond acceptors (Lipinski definition) is 4. The molecule has 0 radical (unpaired) electrons. The molecule has 0 amide bonds. The maximum Gasteiger partial charge on any atom is 0.307 e. The number of ether oxygens (including phenoxy) is 1. The molecule has 3 rings (SSSR count). The zero-order chi connectivity index (χ0) is 18.7. The smallest absolute Gasteiger partial charge is 0.307 e. The van der Waals surface area contributed by atoms with E-state index < -0.39 is 22.0 Å². The number of sulfonamides is 1. The highest BCUT2D eigenvalue weighted by Gasteiger charge is 2.37. The van der Waals surface area contributed by atoms with Gasteiger partial charge in [-0.2, -0.15) is 4.31 Å². The summed E-state index contributed by atoms with van der Waals surface area (Å²) in [4.78, 5) is 12.2. The number of rotatable bonds is 5. The molecule has 1 atom stereocenters. The Morgan fingerprint density at radius 3 is 2.73 bits per heavy atom. The van der Waals surface area contributed by atoms with Gasteiger partial charge in [0.15, 0.2) is 0 Å². The van der Waals surface area contributed by atoms with Crippen molar-refractivity contribution in [3.63, 3.8) is 0 Å². The van der Waals surface area contributed by atoms with E-state index in [1.807, 2.05) is 24.3 Å². The molecule has 0 fully saturated rings. The van der Waals surface area contributed by atoms with Crippen LogP contribution >= 0.6 is 11.6 Å². The summed E-state index contributed by atoms with van der Waals surface area (Å²) >= 11 is 5.98. The van der Waals surface area contributed by atoms with Crippen LogP contribution in [0.5, 0.6) is 0 Å². The first-order valence-corrected chi connectivity index (χ1v) is 10.3. The second kappa shape index (κ2) is 7.78. The zero-order valence-corrected chi connectivity index (χ0v) is 16.0. The van der Waals surface area contributed by atoms with Crippen molar-refractivity contribution < 1.29 is 17.9 Å². The van der Waals surface area contributed by atoms with Gasteiger partial charge < -0.3 is 4.74 Å². The van der Waals surface area contributed by atoms with Crippen LogP contribution in [0.2, 0.25) is 5.02 Å². The summed E-state index contributed by atoms with van der Waals surface area (Å²) in [6.07, 6.45) is 0.569. The Labute approximate surface area is 158 Å². The summed E-state index contributed by atoms with van der Waals surface area (Å²) in [6.45, 7) is 2.29. The lowest BCUT2D eigenvalue weighted by Gasteiger charge is -2.36. The van der Waals surface area contributed by atoms with Gasteiger partial charge in [-0.3, -0.25) is 4.79 Å². The molecule has 1 aliphatic rings. The molecule has 0 aromatic heterocycles. The Morgan fingerprint density at radius 1 is 1.23 bits per heavy atom. The number of hydrogen-bond donors (Lipinski definition) is 0. The second-order valence-corrected chi connectivity index (χ2v) is 8.37. The van der Waals surface area contributed by atoms with E-state index in [0.29, 0.717) is 18.0 Å². The molecular weight excluding hydrogens is 374 g/mol. The van der Waals surface area contributed by atoms with Crippen molar-refractivity contribution in [2.24, 2.45) is 0 Å². The van der Waals surface area contributed by atoms with Gasteiger partial charge in [-0.05, 0) is 42.7 Å². The molecular formula is C19H20ClNO4S. The van der Waals surface area contributed by atoms with Crippen LogP contribution in [0.3, 0.4) is 0 Å². The van der Waals surface area contributed by atoms with Gasteiger partial charge in [-0.1, -0.05) is 41.9 Å². The van der Waals surface area contributed by atoms with Crippen LogP contribution in [0, 0.1) is 0 Å². The van der Waals surface area contributed by atoms with Crippen molar-refractivity contribution in [2.45, 2.75) is 30.7 Å². The van der Waals surface area contributed by atoms with Crippen molar-refractivity contribution in [3.05, 3.63) is 64.7 Å². The number of nitrogens with zero attached hydrogens (tertiary/aromatic N) is 1. The Morgan fingerprint density at radius 2 is 2.00 bits per heavy atom. The average Bonchev–Trinajstić information content (AvgIpc) is 2.62. The minimum atomic E-state index is -3.80. The molecule has 0 saturated carbocycles. The lowest BCUT2D eigenvalue weighted by molar-refractivity contribution is -0.144. The molecule has 0 saturated heterocycles. The molecule has 1 heterocycles. The number of carbonyl (C=O) groups is 1. The summed E-state index contributed by atoms with van der Waals surface area (Å²) < 4.78 is 32.9. The summed E-state index contributed by atoms with van der Waals surface area (Å²) in [6, 6.07) is 13.2. The standard InChI is InChI=1S/C19H20ClNO4S/c1-2-25-19(22)13-18-17-9-4-3-6-14(17)10-11-21(18)26(23,24)16-8-5-7-15(20)12-16/h3-9,12,18H,2,10-11,13H2,1H3/t18-/m1/s1. The highest BCUT2D eigenvalue weighted by Crippen LogP contribution is 2.36. The third-order valence-corrected chi connectivity index (χ3v) is 6.57. The van der Waals surface area contributed by atoms with Gasteiger partial charge in [-0.15, -0.1) is 0 Å². The fourth-order valence-electron chi connectivity index (χ4n) is 3.27. The van der Waals surface area contributed by atoms with E-state index in [-0.39, 0.29) is 17.9 Å². The minimum absolute atomic E-state index is 0.0232. The average molecular weight is 394 g/mol. The minimum Gasteiger partial charge on any atom is -0.466 e. The Bertz CT molecular complexity index is 913. The first-order valence-electron chi connectivity index (χ1n) is 8.44.